The van der Waals surface area contributed by atoms with Crippen molar-refractivity contribution in [2.45, 2.75) is 44.2 Å². The summed E-state index contributed by atoms with van der Waals surface area (Å²) in [6, 6.07) is 12.0. The van der Waals surface area contributed by atoms with Gasteiger partial charge >= 0.3 is 0 Å². The van der Waals surface area contributed by atoms with Gasteiger partial charge in [-0.1, -0.05) is 30.3 Å². The molecule has 3 fully saturated rings. The van der Waals surface area contributed by atoms with E-state index < -0.39 is 0 Å². The van der Waals surface area contributed by atoms with Crippen molar-refractivity contribution < 1.29 is 4.79 Å². The summed E-state index contributed by atoms with van der Waals surface area (Å²) < 4.78 is 0. The molecule has 3 heterocycles. The molecule has 4 heteroatoms. The Balaban J connectivity index is 1.22. The summed E-state index contributed by atoms with van der Waals surface area (Å²) in [5.41, 5.74) is 1.44. The number of benzene rings is 1. The quantitative estimate of drug-likeness (QED) is 0.917. The number of rotatable bonds is 4. The predicted octanol–water partition coefficient (Wildman–Crippen LogP) is 1.90. The lowest BCUT2D eigenvalue weighted by molar-refractivity contribution is -0.119. The Bertz CT molecular complexity index is 553. The van der Waals surface area contributed by atoms with Crippen molar-refractivity contribution in [1.29, 1.82) is 0 Å². The maximum Gasteiger partial charge on any atom is 0.220 e. The molecule has 3 aliphatic heterocycles. The van der Waals surface area contributed by atoms with E-state index in [0.717, 1.165) is 38.4 Å². The minimum Gasteiger partial charge on any atom is -0.353 e. The van der Waals surface area contributed by atoms with Crippen molar-refractivity contribution in [3.63, 3.8) is 0 Å². The van der Waals surface area contributed by atoms with E-state index in [4.69, 9.17) is 0 Å². The van der Waals surface area contributed by atoms with Crippen LogP contribution in [0.25, 0.3) is 0 Å². The molecule has 130 valence electrons. The molecule has 3 aliphatic rings. The zero-order chi connectivity index (χ0) is 16.4. The molecule has 3 saturated heterocycles. The molecular formula is C20H29N3O. The highest BCUT2D eigenvalue weighted by Gasteiger charge is 2.39. The maximum absolute atomic E-state index is 11.6. The Hall–Kier alpha value is -1.39. The second-order valence-electron chi connectivity index (χ2n) is 7.73. The summed E-state index contributed by atoms with van der Waals surface area (Å²) in [5, 5.41) is 3.14. The van der Waals surface area contributed by atoms with E-state index in [2.05, 4.69) is 45.4 Å². The first-order valence-electron chi connectivity index (χ1n) is 9.57. The first-order valence-corrected chi connectivity index (χ1v) is 9.57. The summed E-state index contributed by atoms with van der Waals surface area (Å²) >= 11 is 0. The van der Waals surface area contributed by atoms with Crippen molar-refractivity contribution in [3.05, 3.63) is 35.9 Å². The molecule has 1 N–H and O–H groups in total. The van der Waals surface area contributed by atoms with Crippen molar-refractivity contribution in [1.82, 2.24) is 15.1 Å². The Kier molecular flexibility index (Phi) is 4.86. The highest BCUT2D eigenvalue weighted by Crippen LogP contribution is 2.29. The van der Waals surface area contributed by atoms with Crippen LogP contribution >= 0.6 is 0 Å². The minimum absolute atomic E-state index is 0.266. The van der Waals surface area contributed by atoms with Crippen molar-refractivity contribution in [2.75, 3.05) is 32.7 Å². The van der Waals surface area contributed by atoms with Gasteiger partial charge in [0.15, 0.2) is 0 Å². The van der Waals surface area contributed by atoms with Crippen LogP contribution < -0.4 is 5.32 Å². The van der Waals surface area contributed by atoms with Crippen LogP contribution in [0, 0.1) is 5.92 Å². The van der Waals surface area contributed by atoms with Gasteiger partial charge in [-0.2, -0.15) is 0 Å². The lowest BCUT2D eigenvalue weighted by Crippen LogP contribution is -2.52. The Morgan fingerprint density at radius 3 is 2.62 bits per heavy atom. The van der Waals surface area contributed by atoms with Gasteiger partial charge in [-0.25, -0.2) is 0 Å². The molecule has 0 aromatic heterocycles. The van der Waals surface area contributed by atoms with E-state index in [9.17, 15) is 4.79 Å². The minimum atomic E-state index is 0.266. The molecule has 0 bridgehead atoms. The SMILES string of the molecule is O=C1C[C@@H]2CN(C3CCN(CCc4ccccc4)CC3)CC[C@@H]2N1. The first-order chi connectivity index (χ1) is 11.8. The topological polar surface area (TPSA) is 35.6 Å². The molecule has 1 aromatic carbocycles. The fraction of sp³-hybridized carbons (Fsp3) is 0.650. The van der Waals surface area contributed by atoms with Crippen molar-refractivity contribution >= 4 is 5.91 Å². The van der Waals surface area contributed by atoms with Gasteiger partial charge in [-0.15, -0.1) is 0 Å². The Morgan fingerprint density at radius 1 is 1.04 bits per heavy atom. The number of piperidine rings is 2. The van der Waals surface area contributed by atoms with Crippen molar-refractivity contribution in [2.24, 2.45) is 5.92 Å². The van der Waals surface area contributed by atoms with Crippen molar-refractivity contribution in [3.8, 4) is 0 Å². The zero-order valence-corrected chi connectivity index (χ0v) is 14.5. The van der Waals surface area contributed by atoms with Crippen LogP contribution in [0.5, 0.6) is 0 Å². The first kappa shape index (κ1) is 16.1. The number of hydrogen-bond donors (Lipinski definition) is 1. The second kappa shape index (κ2) is 7.24. The monoisotopic (exact) mass is 327 g/mol. The highest BCUT2D eigenvalue weighted by atomic mass is 16.2. The van der Waals surface area contributed by atoms with Crippen LogP contribution in [0.2, 0.25) is 0 Å². The third kappa shape index (κ3) is 3.65. The van der Waals surface area contributed by atoms with Gasteiger partial charge in [-0.3, -0.25) is 9.69 Å². The van der Waals surface area contributed by atoms with Crippen LogP contribution in [-0.2, 0) is 11.2 Å². The van der Waals surface area contributed by atoms with Crippen LogP contribution in [0.4, 0.5) is 0 Å². The number of nitrogens with one attached hydrogen (secondary N) is 1. The standard InChI is InChI=1S/C20H29N3O/c24-20-14-17-15-23(13-9-19(17)21-20)18-7-11-22(12-8-18)10-6-16-4-2-1-3-5-16/h1-5,17-19H,6-15H2,(H,21,24)/t17-,19+/m1/s1. The van der Waals surface area contributed by atoms with E-state index in [-0.39, 0.29) is 5.91 Å². The van der Waals surface area contributed by atoms with E-state index in [1.807, 2.05) is 0 Å². The van der Waals surface area contributed by atoms with Gasteiger partial charge < -0.3 is 10.2 Å². The van der Waals surface area contributed by atoms with Gasteiger partial charge in [0, 0.05) is 44.1 Å². The third-order valence-electron chi connectivity index (χ3n) is 6.19. The third-order valence-corrected chi connectivity index (χ3v) is 6.19. The molecule has 0 spiro atoms. The number of nitrogens with zero attached hydrogens (tertiary/aromatic N) is 2. The fourth-order valence-electron chi connectivity index (χ4n) is 4.73. The summed E-state index contributed by atoms with van der Waals surface area (Å²) in [4.78, 5) is 16.9. The van der Waals surface area contributed by atoms with E-state index in [0.29, 0.717) is 12.0 Å². The van der Waals surface area contributed by atoms with E-state index >= 15 is 0 Å². The Morgan fingerprint density at radius 2 is 1.83 bits per heavy atom. The molecule has 4 nitrogen and oxygen atoms in total. The molecule has 24 heavy (non-hydrogen) atoms. The Labute approximate surface area is 145 Å². The largest absolute Gasteiger partial charge is 0.353 e. The summed E-state index contributed by atoms with van der Waals surface area (Å²) in [5.74, 6) is 0.824. The smallest absolute Gasteiger partial charge is 0.220 e. The summed E-state index contributed by atoms with van der Waals surface area (Å²) in [6.07, 6.45) is 5.62. The maximum atomic E-state index is 11.6. The van der Waals surface area contributed by atoms with Crippen LogP contribution in [0.1, 0.15) is 31.2 Å². The molecule has 0 aliphatic carbocycles. The molecule has 1 amide bonds. The average Bonchev–Trinajstić information content (AvgIpc) is 3.00. The van der Waals surface area contributed by atoms with Crippen LogP contribution in [0.3, 0.4) is 0 Å². The summed E-state index contributed by atoms with van der Waals surface area (Å²) in [7, 11) is 0. The van der Waals surface area contributed by atoms with E-state index in [1.54, 1.807) is 0 Å². The number of fused-ring (bicyclic) bond motifs is 1. The summed E-state index contributed by atoms with van der Waals surface area (Å²) in [6.45, 7) is 5.91. The molecule has 0 unspecified atom stereocenters. The van der Waals surface area contributed by atoms with Gasteiger partial charge in [0.25, 0.3) is 0 Å². The number of likely N-dealkylation sites (tertiary alicyclic amines) is 2. The molecule has 0 radical (unpaired) electrons. The van der Waals surface area contributed by atoms with Gasteiger partial charge in [0.05, 0.1) is 0 Å². The molecule has 1 aromatic rings. The number of amides is 1. The van der Waals surface area contributed by atoms with E-state index in [1.165, 1.54) is 38.0 Å². The molecule has 4 rings (SSSR count). The van der Waals surface area contributed by atoms with Gasteiger partial charge in [-0.05, 0) is 44.3 Å². The normalized spacial score (nSPS) is 29.4. The zero-order valence-electron chi connectivity index (χ0n) is 14.5. The second-order valence-corrected chi connectivity index (χ2v) is 7.73. The lowest BCUT2D eigenvalue weighted by atomic mass is 9.90. The molecular weight excluding hydrogens is 298 g/mol. The molecule has 2 atom stereocenters. The number of carbonyl (C=O) groups excluding carboxylic acids is 1. The lowest BCUT2D eigenvalue weighted by Gasteiger charge is -2.43. The van der Waals surface area contributed by atoms with Crippen LogP contribution in [0.15, 0.2) is 30.3 Å². The average molecular weight is 327 g/mol. The fourth-order valence-corrected chi connectivity index (χ4v) is 4.73. The molecule has 0 saturated carbocycles. The number of carbonyl (C=O) groups is 1. The van der Waals surface area contributed by atoms with Crippen LogP contribution in [-0.4, -0.2) is 60.5 Å². The van der Waals surface area contributed by atoms with Gasteiger partial charge in [0.1, 0.15) is 0 Å². The predicted molar refractivity (Wildman–Crippen MR) is 95.8 cm³/mol. The highest BCUT2D eigenvalue weighted by molar-refractivity contribution is 5.79. The van der Waals surface area contributed by atoms with Gasteiger partial charge in [0.2, 0.25) is 5.91 Å². The number of hydrogen-bond acceptors (Lipinski definition) is 3.